The summed E-state index contributed by atoms with van der Waals surface area (Å²) in [6, 6.07) is 8.27. The molecule has 1 aromatic rings. The summed E-state index contributed by atoms with van der Waals surface area (Å²) in [6.45, 7) is 6.59. The average molecular weight is 249 g/mol. The third-order valence-electron chi connectivity index (χ3n) is 3.44. The Morgan fingerprint density at radius 2 is 2.11 bits per heavy atom. The maximum atomic E-state index is 5.23. The molecule has 0 aromatic heterocycles. The summed E-state index contributed by atoms with van der Waals surface area (Å²) in [4.78, 5) is 0. The molecule has 1 atom stereocenters. The summed E-state index contributed by atoms with van der Waals surface area (Å²) < 4.78 is 5.23. The molecule has 0 fully saturated rings. The van der Waals surface area contributed by atoms with Crippen LogP contribution in [-0.4, -0.2) is 13.7 Å². The van der Waals surface area contributed by atoms with E-state index in [1.165, 1.54) is 31.2 Å². The molecule has 1 aromatic carbocycles. The van der Waals surface area contributed by atoms with Crippen LogP contribution in [0.5, 0.6) is 5.75 Å². The van der Waals surface area contributed by atoms with Gasteiger partial charge in [-0.1, -0.05) is 45.2 Å². The summed E-state index contributed by atoms with van der Waals surface area (Å²) in [5.41, 5.74) is 1.29. The zero-order chi connectivity index (χ0) is 13.2. The first-order chi connectivity index (χ1) is 8.80. The van der Waals surface area contributed by atoms with E-state index in [-0.39, 0.29) is 0 Å². The van der Waals surface area contributed by atoms with Gasteiger partial charge in [0.25, 0.3) is 0 Å². The number of hydrogen-bond donors (Lipinski definition) is 1. The van der Waals surface area contributed by atoms with Gasteiger partial charge >= 0.3 is 0 Å². The normalized spacial score (nSPS) is 12.4. The third kappa shape index (κ3) is 5.54. The first-order valence-electron chi connectivity index (χ1n) is 7.13. The van der Waals surface area contributed by atoms with E-state index < -0.39 is 0 Å². The van der Waals surface area contributed by atoms with Gasteiger partial charge in [0.2, 0.25) is 0 Å². The molecule has 2 nitrogen and oxygen atoms in total. The molecule has 1 rings (SSSR count). The van der Waals surface area contributed by atoms with Crippen LogP contribution >= 0.6 is 0 Å². The van der Waals surface area contributed by atoms with Crippen molar-refractivity contribution in [3.05, 3.63) is 29.8 Å². The SMILES string of the molecule is CCCCC(CC)CNCc1cccc(OC)c1. The predicted molar refractivity (Wildman–Crippen MR) is 78.0 cm³/mol. The second-order valence-electron chi connectivity index (χ2n) is 4.90. The molecule has 18 heavy (non-hydrogen) atoms. The van der Waals surface area contributed by atoms with Gasteiger partial charge in [0.05, 0.1) is 7.11 Å². The molecule has 0 amide bonds. The highest BCUT2D eigenvalue weighted by Crippen LogP contribution is 2.14. The Hall–Kier alpha value is -1.02. The topological polar surface area (TPSA) is 21.3 Å². The Balaban J connectivity index is 2.30. The van der Waals surface area contributed by atoms with E-state index in [2.05, 4.69) is 31.3 Å². The van der Waals surface area contributed by atoms with Crippen LogP contribution in [0.4, 0.5) is 0 Å². The van der Waals surface area contributed by atoms with E-state index in [0.717, 1.165) is 24.8 Å². The fourth-order valence-corrected chi connectivity index (χ4v) is 2.15. The van der Waals surface area contributed by atoms with Gasteiger partial charge in [-0.3, -0.25) is 0 Å². The van der Waals surface area contributed by atoms with Crippen molar-refractivity contribution >= 4 is 0 Å². The summed E-state index contributed by atoms with van der Waals surface area (Å²) in [7, 11) is 1.71. The van der Waals surface area contributed by atoms with E-state index in [1.54, 1.807) is 7.11 Å². The minimum atomic E-state index is 0.815. The van der Waals surface area contributed by atoms with Crippen molar-refractivity contribution in [2.75, 3.05) is 13.7 Å². The summed E-state index contributed by atoms with van der Waals surface area (Å²) in [6.07, 6.45) is 5.26. The second kappa shape index (κ2) is 8.98. The molecule has 0 saturated carbocycles. The molecule has 0 aliphatic rings. The van der Waals surface area contributed by atoms with Crippen LogP contribution in [-0.2, 0) is 6.54 Å². The van der Waals surface area contributed by atoms with E-state index >= 15 is 0 Å². The number of unbranched alkanes of at least 4 members (excludes halogenated alkanes) is 1. The lowest BCUT2D eigenvalue weighted by Gasteiger charge is -2.15. The number of rotatable bonds is 9. The van der Waals surface area contributed by atoms with Crippen LogP contribution in [0.2, 0.25) is 0 Å². The van der Waals surface area contributed by atoms with Crippen LogP contribution in [0.3, 0.4) is 0 Å². The smallest absolute Gasteiger partial charge is 0.119 e. The van der Waals surface area contributed by atoms with Crippen molar-refractivity contribution in [1.82, 2.24) is 5.32 Å². The second-order valence-corrected chi connectivity index (χ2v) is 4.90. The molecule has 0 heterocycles. The molecule has 102 valence electrons. The standard InChI is InChI=1S/C16H27NO/c1-4-6-8-14(5-2)12-17-13-15-9-7-10-16(11-15)18-3/h7,9-11,14,17H,4-6,8,12-13H2,1-3H3. The van der Waals surface area contributed by atoms with Gasteiger partial charge < -0.3 is 10.1 Å². The van der Waals surface area contributed by atoms with E-state index in [4.69, 9.17) is 4.74 Å². The predicted octanol–water partition coefficient (Wildman–Crippen LogP) is 4.00. The van der Waals surface area contributed by atoms with Crippen molar-refractivity contribution in [3.63, 3.8) is 0 Å². The monoisotopic (exact) mass is 249 g/mol. The fourth-order valence-electron chi connectivity index (χ4n) is 2.15. The maximum Gasteiger partial charge on any atom is 0.119 e. The Bertz CT molecular complexity index is 325. The largest absolute Gasteiger partial charge is 0.497 e. The number of nitrogens with one attached hydrogen (secondary N) is 1. The Kier molecular flexibility index (Phi) is 7.51. The van der Waals surface area contributed by atoms with Gasteiger partial charge in [0.15, 0.2) is 0 Å². The minimum Gasteiger partial charge on any atom is -0.497 e. The molecule has 0 saturated heterocycles. The fraction of sp³-hybridized carbons (Fsp3) is 0.625. The minimum absolute atomic E-state index is 0.815. The number of hydrogen-bond acceptors (Lipinski definition) is 2. The van der Waals surface area contributed by atoms with Gasteiger partial charge in [-0.05, 0) is 36.6 Å². The van der Waals surface area contributed by atoms with Crippen molar-refractivity contribution in [2.45, 2.75) is 46.1 Å². The number of methoxy groups -OCH3 is 1. The average Bonchev–Trinajstić information content (AvgIpc) is 2.43. The Morgan fingerprint density at radius 3 is 2.78 bits per heavy atom. The first kappa shape index (κ1) is 15.0. The zero-order valence-electron chi connectivity index (χ0n) is 12.0. The molecule has 2 heteroatoms. The highest BCUT2D eigenvalue weighted by Gasteiger charge is 2.05. The lowest BCUT2D eigenvalue weighted by molar-refractivity contribution is 0.411. The van der Waals surface area contributed by atoms with Crippen LogP contribution < -0.4 is 10.1 Å². The maximum absolute atomic E-state index is 5.23. The lowest BCUT2D eigenvalue weighted by Crippen LogP contribution is -2.22. The first-order valence-corrected chi connectivity index (χ1v) is 7.13. The zero-order valence-corrected chi connectivity index (χ0v) is 12.0. The quantitative estimate of drug-likeness (QED) is 0.714. The van der Waals surface area contributed by atoms with Crippen LogP contribution in [0.1, 0.15) is 45.1 Å². The van der Waals surface area contributed by atoms with Gasteiger partial charge in [-0.2, -0.15) is 0 Å². The van der Waals surface area contributed by atoms with Gasteiger partial charge in [-0.15, -0.1) is 0 Å². The summed E-state index contributed by atoms with van der Waals surface area (Å²) in [5.74, 6) is 1.75. The van der Waals surface area contributed by atoms with Crippen molar-refractivity contribution in [3.8, 4) is 5.75 Å². The lowest BCUT2D eigenvalue weighted by atomic mass is 9.99. The van der Waals surface area contributed by atoms with Gasteiger partial charge in [0.1, 0.15) is 5.75 Å². The van der Waals surface area contributed by atoms with Gasteiger partial charge in [0, 0.05) is 6.54 Å². The van der Waals surface area contributed by atoms with Crippen LogP contribution in [0.15, 0.2) is 24.3 Å². The Labute approximate surface area is 112 Å². The van der Waals surface area contributed by atoms with E-state index in [1.807, 2.05) is 12.1 Å². The van der Waals surface area contributed by atoms with Crippen LogP contribution in [0, 0.1) is 5.92 Å². The van der Waals surface area contributed by atoms with Crippen molar-refractivity contribution < 1.29 is 4.74 Å². The summed E-state index contributed by atoms with van der Waals surface area (Å²) >= 11 is 0. The van der Waals surface area contributed by atoms with E-state index in [9.17, 15) is 0 Å². The molecule has 1 N–H and O–H groups in total. The molecule has 0 spiro atoms. The number of benzene rings is 1. The summed E-state index contributed by atoms with van der Waals surface area (Å²) in [5, 5.41) is 3.56. The Morgan fingerprint density at radius 1 is 1.28 bits per heavy atom. The molecule has 0 bridgehead atoms. The highest BCUT2D eigenvalue weighted by molar-refractivity contribution is 5.28. The van der Waals surface area contributed by atoms with Crippen LogP contribution in [0.25, 0.3) is 0 Å². The van der Waals surface area contributed by atoms with Crippen molar-refractivity contribution in [2.24, 2.45) is 5.92 Å². The molecule has 0 radical (unpaired) electrons. The molecular weight excluding hydrogens is 222 g/mol. The highest BCUT2D eigenvalue weighted by atomic mass is 16.5. The van der Waals surface area contributed by atoms with Crippen molar-refractivity contribution in [1.29, 1.82) is 0 Å². The number of ether oxygens (including phenoxy) is 1. The molecular formula is C16H27NO. The molecule has 0 aliphatic heterocycles. The van der Waals surface area contributed by atoms with Gasteiger partial charge in [-0.25, -0.2) is 0 Å². The molecule has 1 unspecified atom stereocenters. The third-order valence-corrected chi connectivity index (χ3v) is 3.44. The molecule has 0 aliphatic carbocycles. The van der Waals surface area contributed by atoms with E-state index in [0.29, 0.717) is 0 Å².